The van der Waals surface area contributed by atoms with E-state index in [-0.39, 0.29) is 0 Å². The molecule has 4 nitrogen and oxygen atoms in total. The Bertz CT molecular complexity index is 180. The average Bonchev–Trinajstić information content (AvgIpc) is 2.40. The van der Waals surface area contributed by atoms with E-state index in [0.717, 1.165) is 6.08 Å². The average molecular weight is 164 g/mol. The van der Waals surface area contributed by atoms with Crippen LogP contribution in [0.2, 0.25) is 0 Å². The van der Waals surface area contributed by atoms with E-state index in [9.17, 15) is 13.0 Å². The lowest BCUT2D eigenvalue weighted by Gasteiger charge is -1.78. The van der Waals surface area contributed by atoms with Crippen molar-refractivity contribution in [1.82, 2.24) is 5.32 Å². The van der Waals surface area contributed by atoms with Crippen LogP contribution in [-0.2, 0) is 14.7 Å². The molecule has 0 saturated carbocycles. The van der Waals surface area contributed by atoms with E-state index in [1.807, 2.05) is 0 Å². The van der Waals surface area contributed by atoms with Crippen LogP contribution in [0.15, 0.2) is 12.7 Å². The van der Waals surface area contributed by atoms with Gasteiger partial charge in [-0.25, -0.2) is 0 Å². The number of rotatable bonds is 2. The Balaban J connectivity index is 0.000000219. The van der Waals surface area contributed by atoms with Crippen molar-refractivity contribution in [1.29, 1.82) is 0 Å². The Hall–Kier alpha value is -0.390. The highest BCUT2D eigenvalue weighted by molar-refractivity contribution is 7.85. The summed E-state index contributed by atoms with van der Waals surface area (Å²) in [5.74, 6) is -0.479. The van der Waals surface area contributed by atoms with Gasteiger partial charge >= 0.3 is 0 Å². The van der Waals surface area contributed by atoms with Crippen LogP contribution in [0, 0.1) is 0 Å². The van der Waals surface area contributed by atoms with Gasteiger partial charge in [-0.15, -0.1) is 6.58 Å². The highest BCUT2D eigenvalue weighted by Crippen LogP contribution is 1.80. The molecular formula is C5H10NO3S. The molecule has 5 heteroatoms. The molecule has 0 aromatic carbocycles. The number of hydrogen-bond acceptors (Lipinski definition) is 3. The molecular weight excluding hydrogens is 154 g/mol. The van der Waals surface area contributed by atoms with Gasteiger partial charge in [0.05, 0.1) is 5.75 Å². The summed E-state index contributed by atoms with van der Waals surface area (Å²) in [4.78, 5) is 0. The van der Waals surface area contributed by atoms with Gasteiger partial charge in [-0.05, 0) is 0 Å². The minimum absolute atomic E-state index is 0.479. The van der Waals surface area contributed by atoms with Crippen molar-refractivity contribution < 1.29 is 13.0 Å². The van der Waals surface area contributed by atoms with Crippen LogP contribution < -0.4 is 5.32 Å². The Morgan fingerprint density at radius 1 is 1.50 bits per heavy atom. The maximum atomic E-state index is 9.60. The molecule has 0 amide bonds. The summed E-state index contributed by atoms with van der Waals surface area (Å²) >= 11 is 0. The molecule has 0 aromatic heterocycles. The SMILES string of the molecule is C1CN1.C=CCS([O])(=O)=O. The topological polar surface area (TPSA) is 76.0 Å². The summed E-state index contributed by atoms with van der Waals surface area (Å²) in [6, 6.07) is 0. The zero-order valence-electron chi connectivity index (χ0n) is 5.54. The minimum Gasteiger partial charge on any atom is -0.314 e. The fourth-order valence-electron chi connectivity index (χ4n) is 0.144. The van der Waals surface area contributed by atoms with Crippen LogP contribution in [0.3, 0.4) is 0 Å². The van der Waals surface area contributed by atoms with E-state index >= 15 is 0 Å². The summed E-state index contributed by atoms with van der Waals surface area (Å²) in [7, 11) is -4.04. The predicted molar refractivity (Wildman–Crippen MR) is 37.5 cm³/mol. The van der Waals surface area contributed by atoms with Crippen LogP contribution in [0.1, 0.15) is 0 Å². The molecule has 59 valence electrons. The molecule has 0 atom stereocenters. The third kappa shape index (κ3) is 15.6. The van der Waals surface area contributed by atoms with Gasteiger partial charge in [0.2, 0.25) is 0 Å². The van der Waals surface area contributed by atoms with Gasteiger partial charge in [0, 0.05) is 13.1 Å². The maximum absolute atomic E-state index is 9.60. The first-order valence-electron chi connectivity index (χ1n) is 2.81. The fraction of sp³-hybridized carbons (Fsp3) is 0.600. The smallest absolute Gasteiger partial charge is 0.298 e. The fourth-order valence-corrected chi connectivity index (χ4v) is 0.433. The highest BCUT2D eigenvalue weighted by atomic mass is 32.2. The van der Waals surface area contributed by atoms with Crippen molar-refractivity contribution in [2.45, 2.75) is 0 Å². The van der Waals surface area contributed by atoms with E-state index in [0.29, 0.717) is 0 Å². The molecule has 1 aliphatic rings. The van der Waals surface area contributed by atoms with Gasteiger partial charge < -0.3 is 5.32 Å². The van der Waals surface area contributed by atoms with Crippen molar-refractivity contribution in [3.63, 3.8) is 0 Å². The molecule has 1 radical (unpaired) electrons. The Kier molecular flexibility index (Phi) is 4.26. The van der Waals surface area contributed by atoms with Gasteiger partial charge in [0.25, 0.3) is 10.1 Å². The van der Waals surface area contributed by atoms with Crippen molar-refractivity contribution in [2.24, 2.45) is 0 Å². The quantitative estimate of drug-likeness (QED) is 0.442. The number of nitrogens with one attached hydrogen (secondary N) is 1. The standard InChI is InChI=1S/C3H5O3S.C2H5N/c1-2-3-7(4,5)6;1-2-3-1/h2H,1,3H2;3H,1-2H2. The second kappa shape index (κ2) is 4.43. The summed E-state index contributed by atoms with van der Waals surface area (Å²) in [5, 5.41) is 3.00. The Labute approximate surface area is 60.7 Å². The van der Waals surface area contributed by atoms with E-state index in [1.54, 1.807) is 0 Å². The van der Waals surface area contributed by atoms with E-state index in [1.165, 1.54) is 13.1 Å². The van der Waals surface area contributed by atoms with Crippen LogP contribution in [0.25, 0.3) is 0 Å². The van der Waals surface area contributed by atoms with Gasteiger partial charge in [-0.1, -0.05) is 10.6 Å². The van der Waals surface area contributed by atoms with Gasteiger partial charge in [0.1, 0.15) is 0 Å². The normalized spacial score (nSPS) is 14.9. The van der Waals surface area contributed by atoms with Gasteiger partial charge in [0.15, 0.2) is 0 Å². The summed E-state index contributed by atoms with van der Waals surface area (Å²) in [6.45, 7) is 5.57. The molecule has 0 aromatic rings. The van der Waals surface area contributed by atoms with Crippen LogP contribution in [0.5, 0.6) is 0 Å². The van der Waals surface area contributed by atoms with Crippen LogP contribution in [-0.4, -0.2) is 27.3 Å². The molecule has 0 aliphatic carbocycles. The first-order chi connectivity index (χ1) is 4.56. The largest absolute Gasteiger partial charge is 0.314 e. The summed E-state index contributed by atoms with van der Waals surface area (Å²) in [6.07, 6.45) is 1.06. The Morgan fingerprint density at radius 3 is 1.90 bits per heavy atom. The van der Waals surface area contributed by atoms with E-state index in [4.69, 9.17) is 0 Å². The zero-order chi connectivity index (χ0) is 8.04. The predicted octanol–water partition coefficient (Wildman–Crippen LogP) is -0.478. The van der Waals surface area contributed by atoms with Gasteiger partial charge in [-0.3, -0.25) is 0 Å². The molecule has 1 aliphatic heterocycles. The second-order valence-corrected chi connectivity index (χ2v) is 3.21. The van der Waals surface area contributed by atoms with Crippen molar-refractivity contribution in [2.75, 3.05) is 18.8 Å². The lowest BCUT2D eigenvalue weighted by molar-refractivity contribution is 0.417. The molecule has 0 spiro atoms. The molecule has 1 fully saturated rings. The maximum Gasteiger partial charge on any atom is 0.298 e. The summed E-state index contributed by atoms with van der Waals surface area (Å²) < 4.78 is 28.8. The lowest BCUT2D eigenvalue weighted by atomic mass is 10.8. The van der Waals surface area contributed by atoms with Crippen LogP contribution >= 0.6 is 0 Å². The van der Waals surface area contributed by atoms with Gasteiger partial charge in [-0.2, -0.15) is 8.42 Å². The number of hydrogen-bond donors (Lipinski definition) is 1. The first kappa shape index (κ1) is 9.61. The van der Waals surface area contributed by atoms with Crippen molar-refractivity contribution >= 4 is 10.1 Å². The highest BCUT2D eigenvalue weighted by Gasteiger charge is 1.99. The third-order valence-corrected chi connectivity index (χ3v) is 1.22. The first-order valence-corrected chi connectivity index (χ1v) is 4.39. The van der Waals surface area contributed by atoms with Crippen molar-refractivity contribution in [3.8, 4) is 0 Å². The molecule has 1 heterocycles. The summed E-state index contributed by atoms with van der Waals surface area (Å²) in [5.41, 5.74) is 0. The monoisotopic (exact) mass is 164 g/mol. The molecule has 1 rings (SSSR count). The van der Waals surface area contributed by atoms with E-state index < -0.39 is 15.9 Å². The third-order valence-electron chi connectivity index (χ3n) is 0.572. The molecule has 0 unspecified atom stereocenters. The van der Waals surface area contributed by atoms with Crippen molar-refractivity contribution in [3.05, 3.63) is 12.7 Å². The van der Waals surface area contributed by atoms with E-state index in [2.05, 4.69) is 11.9 Å². The molecule has 1 N–H and O–H groups in total. The molecule has 0 bridgehead atoms. The molecule has 10 heavy (non-hydrogen) atoms. The lowest BCUT2D eigenvalue weighted by Crippen LogP contribution is -1.97. The minimum atomic E-state index is -4.04. The Morgan fingerprint density at radius 2 is 1.90 bits per heavy atom. The molecule has 1 saturated heterocycles. The second-order valence-electron chi connectivity index (χ2n) is 1.76. The zero-order valence-corrected chi connectivity index (χ0v) is 6.36. The van der Waals surface area contributed by atoms with Crippen LogP contribution in [0.4, 0.5) is 0 Å².